The Labute approximate surface area is 194 Å². The highest BCUT2D eigenvalue weighted by atomic mass is 35.5. The summed E-state index contributed by atoms with van der Waals surface area (Å²) in [6.45, 7) is 5.96. The van der Waals surface area contributed by atoms with Crippen LogP contribution in [0.5, 0.6) is 5.75 Å². The van der Waals surface area contributed by atoms with Crippen molar-refractivity contribution in [2.75, 3.05) is 39.3 Å². The molecule has 0 spiro atoms. The first-order chi connectivity index (χ1) is 15.3. The Kier molecular flexibility index (Phi) is 6.51. The second-order valence-electron chi connectivity index (χ2n) is 8.15. The summed E-state index contributed by atoms with van der Waals surface area (Å²) >= 11 is 8.30. The number of piperazine rings is 1. The Hall–Kier alpha value is -1.98. The number of fused-ring (bicyclic) bond motifs is 2. The van der Waals surface area contributed by atoms with Gasteiger partial charge in [0.1, 0.15) is 12.4 Å². The molecule has 0 bridgehead atoms. The van der Waals surface area contributed by atoms with Crippen molar-refractivity contribution >= 4 is 23.4 Å². The summed E-state index contributed by atoms with van der Waals surface area (Å²) in [5.41, 5.74) is 2.80. The van der Waals surface area contributed by atoms with Crippen LogP contribution in [-0.2, 0) is 6.42 Å². The SMILES string of the molecule is Clc1ccc2c(c1)[C@@H](N1CCN(CCOc3ccccc3)CC1)Cc1ccccc1S2. The van der Waals surface area contributed by atoms with E-state index < -0.39 is 0 Å². The van der Waals surface area contributed by atoms with E-state index in [1.54, 1.807) is 0 Å². The van der Waals surface area contributed by atoms with Gasteiger partial charge in [-0.1, -0.05) is 59.8 Å². The molecule has 0 radical (unpaired) electrons. The summed E-state index contributed by atoms with van der Waals surface area (Å²) in [6, 6.07) is 25.6. The zero-order valence-electron chi connectivity index (χ0n) is 17.5. The number of nitrogens with zero attached hydrogens (tertiary/aromatic N) is 2. The molecule has 3 aromatic carbocycles. The molecule has 2 aliphatic heterocycles. The van der Waals surface area contributed by atoms with E-state index in [-0.39, 0.29) is 0 Å². The first-order valence-electron chi connectivity index (χ1n) is 11.0. The molecule has 1 atom stereocenters. The van der Waals surface area contributed by atoms with E-state index in [4.69, 9.17) is 16.3 Å². The Morgan fingerprint density at radius 3 is 2.48 bits per heavy atom. The van der Waals surface area contributed by atoms with Gasteiger partial charge in [0, 0.05) is 53.6 Å². The summed E-state index contributed by atoms with van der Waals surface area (Å²) < 4.78 is 5.89. The van der Waals surface area contributed by atoms with Crippen LogP contribution in [0.1, 0.15) is 17.2 Å². The van der Waals surface area contributed by atoms with Gasteiger partial charge in [0.15, 0.2) is 0 Å². The molecule has 3 aromatic rings. The van der Waals surface area contributed by atoms with Gasteiger partial charge in [-0.2, -0.15) is 0 Å². The predicted octanol–water partition coefficient (Wildman–Crippen LogP) is 5.79. The van der Waals surface area contributed by atoms with Crippen molar-refractivity contribution in [2.45, 2.75) is 22.3 Å². The largest absolute Gasteiger partial charge is 0.492 e. The van der Waals surface area contributed by atoms with Crippen molar-refractivity contribution in [3.8, 4) is 5.75 Å². The molecule has 160 valence electrons. The summed E-state index contributed by atoms with van der Waals surface area (Å²) in [5.74, 6) is 0.948. The number of halogens is 1. The van der Waals surface area contributed by atoms with Gasteiger partial charge in [0.2, 0.25) is 0 Å². The Bertz CT molecular complexity index is 1020. The van der Waals surface area contributed by atoms with Crippen LogP contribution in [0, 0.1) is 0 Å². The quantitative estimate of drug-likeness (QED) is 0.489. The molecule has 0 saturated carbocycles. The molecule has 5 rings (SSSR count). The number of benzene rings is 3. The zero-order valence-corrected chi connectivity index (χ0v) is 19.1. The average Bonchev–Trinajstić information content (AvgIpc) is 2.97. The minimum atomic E-state index is 0.368. The van der Waals surface area contributed by atoms with E-state index >= 15 is 0 Å². The van der Waals surface area contributed by atoms with Crippen LogP contribution >= 0.6 is 23.4 Å². The van der Waals surface area contributed by atoms with Crippen LogP contribution in [0.15, 0.2) is 82.6 Å². The molecule has 5 heteroatoms. The van der Waals surface area contributed by atoms with Crippen molar-refractivity contribution in [1.29, 1.82) is 0 Å². The topological polar surface area (TPSA) is 15.7 Å². The Morgan fingerprint density at radius 1 is 0.871 bits per heavy atom. The number of hydrogen-bond donors (Lipinski definition) is 0. The second kappa shape index (κ2) is 9.66. The van der Waals surface area contributed by atoms with Crippen LogP contribution < -0.4 is 4.74 Å². The normalized spacial score (nSPS) is 19.3. The zero-order chi connectivity index (χ0) is 21.0. The van der Waals surface area contributed by atoms with Gasteiger partial charge in [-0.05, 0) is 53.9 Å². The van der Waals surface area contributed by atoms with Crippen molar-refractivity contribution in [3.05, 3.63) is 88.9 Å². The molecule has 1 fully saturated rings. The fourth-order valence-electron chi connectivity index (χ4n) is 4.52. The van der Waals surface area contributed by atoms with Gasteiger partial charge >= 0.3 is 0 Å². The highest BCUT2D eigenvalue weighted by Gasteiger charge is 2.30. The van der Waals surface area contributed by atoms with Crippen LogP contribution in [0.3, 0.4) is 0 Å². The molecule has 0 amide bonds. The van der Waals surface area contributed by atoms with Gasteiger partial charge < -0.3 is 4.74 Å². The van der Waals surface area contributed by atoms with Crippen LogP contribution in [-0.4, -0.2) is 49.1 Å². The molecule has 2 heterocycles. The molecule has 3 nitrogen and oxygen atoms in total. The molecule has 1 saturated heterocycles. The van der Waals surface area contributed by atoms with Gasteiger partial charge in [0.05, 0.1) is 0 Å². The average molecular weight is 451 g/mol. The van der Waals surface area contributed by atoms with Crippen LogP contribution in [0.4, 0.5) is 0 Å². The minimum absolute atomic E-state index is 0.368. The van der Waals surface area contributed by atoms with Crippen molar-refractivity contribution in [2.24, 2.45) is 0 Å². The number of hydrogen-bond acceptors (Lipinski definition) is 4. The maximum absolute atomic E-state index is 6.43. The molecular formula is C26H27ClN2OS. The maximum atomic E-state index is 6.43. The molecular weight excluding hydrogens is 424 g/mol. The van der Waals surface area contributed by atoms with Crippen LogP contribution in [0.25, 0.3) is 0 Å². The van der Waals surface area contributed by atoms with Gasteiger partial charge in [-0.25, -0.2) is 0 Å². The number of rotatable bonds is 5. The monoisotopic (exact) mass is 450 g/mol. The third-order valence-corrected chi connectivity index (χ3v) is 7.65. The van der Waals surface area contributed by atoms with E-state index in [9.17, 15) is 0 Å². The number of ether oxygens (including phenoxy) is 1. The fraction of sp³-hybridized carbons (Fsp3) is 0.308. The third kappa shape index (κ3) is 4.93. The molecule has 0 N–H and O–H groups in total. The van der Waals surface area contributed by atoms with E-state index in [1.165, 1.54) is 20.9 Å². The maximum Gasteiger partial charge on any atom is 0.119 e. The highest BCUT2D eigenvalue weighted by molar-refractivity contribution is 7.99. The first-order valence-corrected chi connectivity index (χ1v) is 12.2. The first kappa shape index (κ1) is 20.9. The van der Waals surface area contributed by atoms with E-state index in [2.05, 4.69) is 46.2 Å². The van der Waals surface area contributed by atoms with Crippen molar-refractivity contribution in [1.82, 2.24) is 9.80 Å². The summed E-state index contributed by atoms with van der Waals surface area (Å²) in [5, 5.41) is 0.826. The van der Waals surface area contributed by atoms with E-state index in [1.807, 2.05) is 48.2 Å². The molecule has 31 heavy (non-hydrogen) atoms. The van der Waals surface area contributed by atoms with Gasteiger partial charge in [-0.3, -0.25) is 9.80 Å². The minimum Gasteiger partial charge on any atom is -0.492 e. The van der Waals surface area contributed by atoms with E-state index in [0.29, 0.717) is 6.04 Å². The number of para-hydroxylation sites is 1. The van der Waals surface area contributed by atoms with Crippen molar-refractivity contribution in [3.63, 3.8) is 0 Å². The lowest BCUT2D eigenvalue weighted by atomic mass is 9.96. The van der Waals surface area contributed by atoms with Crippen molar-refractivity contribution < 1.29 is 4.74 Å². The molecule has 0 aliphatic carbocycles. The van der Waals surface area contributed by atoms with Crippen LogP contribution in [0.2, 0.25) is 5.02 Å². The summed E-state index contributed by atoms with van der Waals surface area (Å²) in [4.78, 5) is 7.85. The fourth-order valence-corrected chi connectivity index (χ4v) is 5.81. The lowest BCUT2D eigenvalue weighted by molar-refractivity contribution is 0.0850. The summed E-state index contributed by atoms with van der Waals surface area (Å²) in [6.07, 6.45) is 1.04. The molecule has 2 aliphatic rings. The standard InChI is InChI=1S/C26H27ClN2OS/c27-21-10-11-26-23(19-21)24(18-20-6-4-5-9-25(20)31-26)29-14-12-28(13-15-29)16-17-30-22-7-2-1-3-8-22/h1-11,19,24H,12-18H2/t24-/m0/s1. The van der Waals surface area contributed by atoms with Gasteiger partial charge in [0.25, 0.3) is 0 Å². The lowest BCUT2D eigenvalue weighted by Gasteiger charge is -2.39. The molecule has 0 aromatic heterocycles. The smallest absolute Gasteiger partial charge is 0.119 e. The van der Waals surface area contributed by atoms with Gasteiger partial charge in [-0.15, -0.1) is 0 Å². The molecule has 0 unspecified atom stereocenters. The third-order valence-electron chi connectivity index (χ3n) is 6.20. The Morgan fingerprint density at radius 2 is 1.65 bits per heavy atom. The highest BCUT2D eigenvalue weighted by Crippen LogP contribution is 2.43. The Balaban J connectivity index is 1.25. The second-order valence-corrected chi connectivity index (χ2v) is 9.67. The lowest BCUT2D eigenvalue weighted by Crippen LogP contribution is -2.49. The predicted molar refractivity (Wildman–Crippen MR) is 128 cm³/mol. The van der Waals surface area contributed by atoms with E-state index in [0.717, 1.165) is 56.5 Å². The summed E-state index contributed by atoms with van der Waals surface area (Å²) in [7, 11) is 0.